The Kier molecular flexibility index (Phi) is 5.00. The van der Waals surface area contributed by atoms with Crippen molar-refractivity contribution in [2.24, 2.45) is 5.73 Å². The number of benzene rings is 1. The third-order valence-corrected chi connectivity index (χ3v) is 3.28. The van der Waals surface area contributed by atoms with E-state index in [1.807, 2.05) is 12.1 Å². The van der Waals surface area contributed by atoms with E-state index in [9.17, 15) is 4.39 Å². The van der Waals surface area contributed by atoms with Crippen molar-refractivity contribution in [3.05, 3.63) is 65.2 Å². The molecular weight excluding hydrogens is 267 g/mol. The van der Waals surface area contributed by atoms with Crippen molar-refractivity contribution < 1.29 is 4.39 Å². The second-order valence-electron chi connectivity index (χ2n) is 4.92. The molecule has 1 aromatic carbocycles. The van der Waals surface area contributed by atoms with Crippen LogP contribution >= 0.6 is 0 Å². The third kappa shape index (κ3) is 4.36. The molecule has 1 heterocycles. The number of hydrogen-bond donors (Lipinski definition) is 2. The molecule has 0 saturated carbocycles. The van der Waals surface area contributed by atoms with Crippen molar-refractivity contribution in [3.63, 3.8) is 0 Å². The topological polar surface area (TPSA) is 66.0 Å². The van der Waals surface area contributed by atoms with Crippen LogP contribution in [0.2, 0.25) is 0 Å². The van der Waals surface area contributed by atoms with Crippen molar-refractivity contribution in [2.75, 3.05) is 6.54 Å². The molecule has 0 bridgehead atoms. The number of amidine groups is 1. The molecule has 0 saturated heterocycles. The molecule has 0 radical (unpaired) electrons. The van der Waals surface area contributed by atoms with Gasteiger partial charge < -0.3 is 5.73 Å². The van der Waals surface area contributed by atoms with E-state index in [0.717, 1.165) is 24.2 Å². The Morgan fingerprint density at radius 1 is 1.19 bits per heavy atom. The molecule has 0 spiro atoms. The third-order valence-electron chi connectivity index (χ3n) is 3.28. The highest BCUT2D eigenvalue weighted by Crippen LogP contribution is 2.13. The zero-order valence-electron chi connectivity index (χ0n) is 12.0. The fraction of sp³-hybridized carbons (Fsp3) is 0.250. The van der Waals surface area contributed by atoms with Gasteiger partial charge in [0, 0.05) is 31.0 Å². The average Bonchev–Trinajstić information content (AvgIpc) is 2.47. The number of nitrogens with zero attached hydrogens (tertiary/aromatic N) is 2. The Morgan fingerprint density at radius 2 is 1.86 bits per heavy atom. The predicted octanol–water partition coefficient (Wildman–Crippen LogP) is 2.53. The Morgan fingerprint density at radius 3 is 2.48 bits per heavy atom. The molecule has 5 heteroatoms. The number of pyridine rings is 1. The highest BCUT2D eigenvalue weighted by atomic mass is 19.1. The lowest BCUT2D eigenvalue weighted by atomic mass is 10.1. The predicted molar refractivity (Wildman–Crippen MR) is 81.4 cm³/mol. The molecule has 0 aliphatic carbocycles. The molecule has 0 aliphatic rings. The van der Waals surface area contributed by atoms with Gasteiger partial charge in [0.1, 0.15) is 11.7 Å². The van der Waals surface area contributed by atoms with Crippen molar-refractivity contribution in [1.82, 2.24) is 9.88 Å². The molecule has 0 unspecified atom stereocenters. The summed E-state index contributed by atoms with van der Waals surface area (Å²) in [7, 11) is 0. The molecule has 2 rings (SSSR count). The Labute approximate surface area is 123 Å². The quantitative estimate of drug-likeness (QED) is 0.633. The number of hydrogen-bond acceptors (Lipinski definition) is 3. The summed E-state index contributed by atoms with van der Waals surface area (Å²) in [5, 5.41) is 7.43. The molecule has 110 valence electrons. The number of halogens is 1. The summed E-state index contributed by atoms with van der Waals surface area (Å²) < 4.78 is 13.6. The SMILES string of the molecule is CCN(Cc1ccncc1)Cc1cc(F)cc(C(=N)N)c1. The van der Waals surface area contributed by atoms with Crippen LogP contribution in [0, 0.1) is 11.2 Å². The van der Waals surface area contributed by atoms with Gasteiger partial charge in [-0.15, -0.1) is 0 Å². The first kappa shape index (κ1) is 15.1. The van der Waals surface area contributed by atoms with E-state index in [2.05, 4.69) is 16.8 Å². The van der Waals surface area contributed by atoms with Crippen molar-refractivity contribution >= 4 is 5.84 Å². The number of aromatic nitrogens is 1. The molecule has 0 aliphatic heterocycles. The summed E-state index contributed by atoms with van der Waals surface area (Å²) in [5.41, 5.74) is 7.83. The summed E-state index contributed by atoms with van der Waals surface area (Å²) in [6, 6.07) is 8.47. The zero-order valence-corrected chi connectivity index (χ0v) is 12.0. The standard InChI is InChI=1S/C16H19FN4/c1-2-21(10-12-3-5-20-6-4-12)11-13-7-14(16(18)19)9-15(17)8-13/h3-9H,2,10-11H2,1H3,(H3,18,19). The van der Waals surface area contributed by atoms with Gasteiger partial charge in [-0.3, -0.25) is 15.3 Å². The van der Waals surface area contributed by atoms with Crippen LogP contribution in [0.4, 0.5) is 4.39 Å². The summed E-state index contributed by atoms with van der Waals surface area (Å²) in [5.74, 6) is -0.481. The largest absolute Gasteiger partial charge is 0.384 e. The van der Waals surface area contributed by atoms with Crippen LogP contribution < -0.4 is 5.73 Å². The van der Waals surface area contributed by atoms with Crippen molar-refractivity contribution in [1.29, 1.82) is 5.41 Å². The van der Waals surface area contributed by atoms with Crippen molar-refractivity contribution in [2.45, 2.75) is 20.0 Å². The van der Waals surface area contributed by atoms with Gasteiger partial charge in [-0.05, 0) is 48.0 Å². The minimum Gasteiger partial charge on any atom is -0.384 e. The zero-order chi connectivity index (χ0) is 15.2. The number of rotatable bonds is 6. The summed E-state index contributed by atoms with van der Waals surface area (Å²) in [4.78, 5) is 6.19. The summed E-state index contributed by atoms with van der Waals surface area (Å²) >= 11 is 0. The van der Waals surface area contributed by atoms with Crippen LogP contribution in [-0.2, 0) is 13.1 Å². The van der Waals surface area contributed by atoms with E-state index < -0.39 is 0 Å². The van der Waals surface area contributed by atoms with E-state index in [4.69, 9.17) is 11.1 Å². The Bertz CT molecular complexity index is 613. The van der Waals surface area contributed by atoms with E-state index in [-0.39, 0.29) is 11.7 Å². The summed E-state index contributed by atoms with van der Waals surface area (Å²) in [6.07, 6.45) is 3.53. The Hall–Kier alpha value is -2.27. The maximum Gasteiger partial charge on any atom is 0.124 e. The van der Waals surface area contributed by atoms with Gasteiger partial charge in [-0.25, -0.2) is 4.39 Å². The number of nitrogens with two attached hydrogens (primary N) is 1. The number of nitrogens with one attached hydrogen (secondary N) is 1. The summed E-state index contributed by atoms with van der Waals surface area (Å²) in [6.45, 7) is 4.28. The van der Waals surface area contributed by atoms with E-state index in [1.165, 1.54) is 12.1 Å². The molecule has 2 aromatic rings. The van der Waals surface area contributed by atoms with Crippen LogP contribution in [0.1, 0.15) is 23.6 Å². The molecule has 0 atom stereocenters. The lowest BCUT2D eigenvalue weighted by Crippen LogP contribution is -2.23. The van der Waals surface area contributed by atoms with Crippen LogP contribution in [0.5, 0.6) is 0 Å². The molecule has 21 heavy (non-hydrogen) atoms. The van der Waals surface area contributed by atoms with Gasteiger partial charge in [-0.2, -0.15) is 0 Å². The monoisotopic (exact) mass is 286 g/mol. The maximum atomic E-state index is 13.6. The molecule has 4 nitrogen and oxygen atoms in total. The van der Waals surface area contributed by atoms with Gasteiger partial charge >= 0.3 is 0 Å². The normalized spacial score (nSPS) is 10.8. The minimum absolute atomic E-state index is 0.118. The first-order chi connectivity index (χ1) is 10.1. The van der Waals surface area contributed by atoms with E-state index in [0.29, 0.717) is 12.1 Å². The molecule has 0 fully saturated rings. The van der Waals surface area contributed by atoms with Gasteiger partial charge in [0.25, 0.3) is 0 Å². The fourth-order valence-electron chi connectivity index (χ4n) is 2.18. The number of nitrogen functional groups attached to an aromatic ring is 1. The first-order valence-corrected chi connectivity index (χ1v) is 6.83. The van der Waals surface area contributed by atoms with Gasteiger partial charge in [0.05, 0.1) is 0 Å². The lowest BCUT2D eigenvalue weighted by Gasteiger charge is -2.21. The van der Waals surface area contributed by atoms with Crippen molar-refractivity contribution in [3.8, 4) is 0 Å². The second kappa shape index (κ2) is 6.95. The van der Waals surface area contributed by atoms with Gasteiger partial charge in [0.15, 0.2) is 0 Å². The minimum atomic E-state index is -0.363. The van der Waals surface area contributed by atoms with Crippen LogP contribution in [0.3, 0.4) is 0 Å². The lowest BCUT2D eigenvalue weighted by molar-refractivity contribution is 0.271. The second-order valence-corrected chi connectivity index (χ2v) is 4.92. The maximum absolute atomic E-state index is 13.6. The fourth-order valence-corrected chi connectivity index (χ4v) is 2.18. The average molecular weight is 286 g/mol. The smallest absolute Gasteiger partial charge is 0.124 e. The first-order valence-electron chi connectivity index (χ1n) is 6.83. The Balaban J connectivity index is 2.13. The van der Waals surface area contributed by atoms with E-state index in [1.54, 1.807) is 18.5 Å². The highest BCUT2D eigenvalue weighted by Gasteiger charge is 2.08. The van der Waals surface area contributed by atoms with Gasteiger partial charge in [0.2, 0.25) is 0 Å². The van der Waals surface area contributed by atoms with Crippen LogP contribution in [0.15, 0.2) is 42.7 Å². The molecule has 3 N–H and O–H groups in total. The van der Waals surface area contributed by atoms with Gasteiger partial charge in [-0.1, -0.05) is 6.92 Å². The molecular formula is C16H19FN4. The molecule has 0 amide bonds. The van der Waals surface area contributed by atoms with E-state index >= 15 is 0 Å². The highest BCUT2D eigenvalue weighted by molar-refractivity contribution is 5.95. The van der Waals surface area contributed by atoms with Crippen LogP contribution in [0.25, 0.3) is 0 Å². The van der Waals surface area contributed by atoms with Crippen LogP contribution in [-0.4, -0.2) is 22.3 Å². The molecule has 1 aromatic heterocycles.